The zero-order chi connectivity index (χ0) is 10.2. The highest BCUT2D eigenvalue weighted by Crippen LogP contribution is 2.09. The van der Waals surface area contributed by atoms with Crippen molar-refractivity contribution >= 4 is 12.6 Å². The number of rotatable bonds is 7. The van der Waals surface area contributed by atoms with Crippen molar-refractivity contribution in [1.29, 1.82) is 0 Å². The molecule has 0 aromatic rings. The van der Waals surface area contributed by atoms with Crippen LogP contribution in [0.2, 0.25) is 0 Å². The molecule has 0 aliphatic carbocycles. The molecule has 0 amide bonds. The Bertz CT molecular complexity index is 136. The molecule has 1 nitrogen and oxygen atoms in total. The molecule has 0 unspecified atom stereocenters. The van der Waals surface area contributed by atoms with Gasteiger partial charge in [0.1, 0.15) is 0 Å². The maximum atomic E-state index is 5.86. The van der Waals surface area contributed by atoms with Gasteiger partial charge in [0, 0.05) is 5.54 Å². The third kappa shape index (κ3) is 12.1. The molecule has 0 bridgehead atoms. The van der Waals surface area contributed by atoms with Crippen LogP contribution in [-0.4, -0.2) is 11.3 Å². The number of hydrogen-bond donors (Lipinski definition) is 2. The van der Waals surface area contributed by atoms with Crippen molar-refractivity contribution < 1.29 is 0 Å². The van der Waals surface area contributed by atoms with Crippen LogP contribution in [0.1, 0.15) is 46.0 Å². The molecular formula is C11H23NS. The van der Waals surface area contributed by atoms with Crippen LogP contribution in [0.15, 0.2) is 12.2 Å². The minimum Gasteiger partial charge on any atom is -0.326 e. The number of hydrogen-bond acceptors (Lipinski definition) is 2. The van der Waals surface area contributed by atoms with E-state index in [1.165, 1.54) is 12.8 Å². The van der Waals surface area contributed by atoms with Crippen LogP contribution in [0.25, 0.3) is 0 Å². The summed E-state index contributed by atoms with van der Waals surface area (Å²) in [5, 5.41) is 0. The zero-order valence-corrected chi connectivity index (χ0v) is 9.82. The van der Waals surface area contributed by atoms with E-state index in [0.717, 1.165) is 25.0 Å². The van der Waals surface area contributed by atoms with E-state index in [0.29, 0.717) is 0 Å². The second-order valence-corrected chi connectivity index (χ2v) is 4.67. The molecule has 2 N–H and O–H groups in total. The van der Waals surface area contributed by atoms with Gasteiger partial charge in [0.25, 0.3) is 0 Å². The highest BCUT2D eigenvalue weighted by Gasteiger charge is 2.08. The average molecular weight is 201 g/mol. The summed E-state index contributed by atoms with van der Waals surface area (Å²) in [6.45, 7) is 4.16. The molecule has 0 saturated heterocycles. The SMILES string of the molecule is CC(C)(N)CCC/C=C\CCCS. The molecule has 0 spiro atoms. The highest BCUT2D eigenvalue weighted by atomic mass is 32.1. The van der Waals surface area contributed by atoms with Crippen LogP contribution in [0.4, 0.5) is 0 Å². The van der Waals surface area contributed by atoms with Crippen molar-refractivity contribution in [1.82, 2.24) is 0 Å². The summed E-state index contributed by atoms with van der Waals surface area (Å²) in [5.41, 5.74) is 5.86. The fourth-order valence-corrected chi connectivity index (χ4v) is 1.30. The van der Waals surface area contributed by atoms with E-state index in [1.54, 1.807) is 0 Å². The van der Waals surface area contributed by atoms with E-state index in [1.807, 2.05) is 0 Å². The third-order valence-electron chi connectivity index (χ3n) is 1.89. The Balaban J connectivity index is 3.20. The summed E-state index contributed by atoms with van der Waals surface area (Å²) in [4.78, 5) is 0. The normalized spacial score (nSPS) is 12.6. The lowest BCUT2D eigenvalue weighted by Crippen LogP contribution is -2.31. The number of allylic oxidation sites excluding steroid dienone is 2. The number of nitrogens with two attached hydrogens (primary N) is 1. The summed E-state index contributed by atoms with van der Waals surface area (Å²) in [6.07, 6.45) is 10.3. The lowest BCUT2D eigenvalue weighted by Gasteiger charge is -2.16. The van der Waals surface area contributed by atoms with Crippen molar-refractivity contribution in [2.75, 3.05) is 5.75 Å². The molecular weight excluding hydrogens is 178 g/mol. The van der Waals surface area contributed by atoms with Gasteiger partial charge in [-0.2, -0.15) is 12.6 Å². The van der Waals surface area contributed by atoms with Gasteiger partial charge in [0.05, 0.1) is 0 Å². The predicted molar refractivity (Wildman–Crippen MR) is 64.3 cm³/mol. The minimum absolute atomic E-state index is 0.00105. The second kappa shape index (κ2) is 7.45. The summed E-state index contributed by atoms with van der Waals surface area (Å²) < 4.78 is 0. The lowest BCUT2D eigenvalue weighted by molar-refractivity contribution is 0.461. The Morgan fingerprint density at radius 3 is 2.15 bits per heavy atom. The van der Waals surface area contributed by atoms with Gasteiger partial charge in [-0.1, -0.05) is 12.2 Å². The van der Waals surface area contributed by atoms with Crippen LogP contribution in [0.3, 0.4) is 0 Å². The first-order chi connectivity index (χ1) is 6.06. The molecule has 0 atom stereocenters. The van der Waals surface area contributed by atoms with Gasteiger partial charge in [-0.15, -0.1) is 0 Å². The van der Waals surface area contributed by atoms with E-state index in [2.05, 4.69) is 38.6 Å². The van der Waals surface area contributed by atoms with Gasteiger partial charge in [-0.3, -0.25) is 0 Å². The molecule has 78 valence electrons. The molecule has 13 heavy (non-hydrogen) atoms. The first-order valence-electron chi connectivity index (χ1n) is 5.11. The molecule has 0 aliphatic heterocycles. The third-order valence-corrected chi connectivity index (χ3v) is 2.20. The standard InChI is InChI=1S/C11H23NS/c1-11(2,12)9-7-5-3-4-6-8-10-13/h3-4,13H,5-10,12H2,1-2H3/b4-3-. The van der Waals surface area contributed by atoms with Crippen LogP contribution in [-0.2, 0) is 0 Å². The second-order valence-electron chi connectivity index (χ2n) is 4.22. The fourth-order valence-electron chi connectivity index (χ4n) is 1.12. The zero-order valence-electron chi connectivity index (χ0n) is 8.92. The molecule has 0 saturated carbocycles. The van der Waals surface area contributed by atoms with Crippen molar-refractivity contribution in [3.8, 4) is 0 Å². The molecule has 2 heteroatoms. The summed E-state index contributed by atoms with van der Waals surface area (Å²) in [6, 6.07) is 0. The van der Waals surface area contributed by atoms with Gasteiger partial charge in [0.2, 0.25) is 0 Å². The first-order valence-corrected chi connectivity index (χ1v) is 5.74. The van der Waals surface area contributed by atoms with E-state index in [9.17, 15) is 0 Å². The molecule has 0 rings (SSSR count). The Labute approximate surface area is 88.2 Å². The highest BCUT2D eigenvalue weighted by molar-refractivity contribution is 7.80. The minimum atomic E-state index is -0.00105. The van der Waals surface area contributed by atoms with Crippen molar-refractivity contribution in [3.05, 3.63) is 12.2 Å². The van der Waals surface area contributed by atoms with Gasteiger partial charge < -0.3 is 5.73 Å². The summed E-state index contributed by atoms with van der Waals surface area (Å²) >= 11 is 4.15. The van der Waals surface area contributed by atoms with Crippen molar-refractivity contribution in [2.45, 2.75) is 51.5 Å². The van der Waals surface area contributed by atoms with Crippen LogP contribution in [0, 0.1) is 0 Å². The summed E-state index contributed by atoms with van der Waals surface area (Å²) in [5.74, 6) is 0.986. The Hall–Kier alpha value is 0.0500. The number of unbranched alkanes of at least 4 members (excludes halogenated alkanes) is 2. The van der Waals surface area contributed by atoms with Gasteiger partial charge in [-0.25, -0.2) is 0 Å². The predicted octanol–water partition coefficient (Wildman–Crippen LogP) is 3.16. The lowest BCUT2D eigenvalue weighted by atomic mass is 9.99. The summed E-state index contributed by atoms with van der Waals surface area (Å²) in [7, 11) is 0. The van der Waals surface area contributed by atoms with E-state index in [4.69, 9.17) is 5.73 Å². The van der Waals surface area contributed by atoms with Gasteiger partial charge in [-0.05, 0) is 51.7 Å². The Kier molecular flexibility index (Phi) is 7.48. The molecule has 0 aliphatic rings. The topological polar surface area (TPSA) is 26.0 Å². The maximum Gasteiger partial charge on any atom is 0.00971 e. The van der Waals surface area contributed by atoms with Gasteiger partial charge in [0.15, 0.2) is 0 Å². The monoisotopic (exact) mass is 201 g/mol. The number of thiol groups is 1. The van der Waals surface area contributed by atoms with Crippen molar-refractivity contribution in [2.24, 2.45) is 5.73 Å². The molecule has 0 aromatic heterocycles. The Morgan fingerprint density at radius 2 is 1.69 bits per heavy atom. The van der Waals surface area contributed by atoms with Crippen LogP contribution in [0.5, 0.6) is 0 Å². The molecule has 0 radical (unpaired) electrons. The van der Waals surface area contributed by atoms with Crippen LogP contribution < -0.4 is 5.73 Å². The van der Waals surface area contributed by atoms with E-state index < -0.39 is 0 Å². The Morgan fingerprint density at radius 1 is 1.15 bits per heavy atom. The van der Waals surface area contributed by atoms with Gasteiger partial charge >= 0.3 is 0 Å². The van der Waals surface area contributed by atoms with Crippen molar-refractivity contribution in [3.63, 3.8) is 0 Å². The van der Waals surface area contributed by atoms with Crippen LogP contribution >= 0.6 is 12.6 Å². The van der Waals surface area contributed by atoms with E-state index >= 15 is 0 Å². The maximum absolute atomic E-state index is 5.86. The molecule has 0 heterocycles. The molecule has 0 aromatic carbocycles. The average Bonchev–Trinajstić information content (AvgIpc) is 2.01. The fraction of sp³-hybridized carbons (Fsp3) is 0.818. The quantitative estimate of drug-likeness (QED) is 0.369. The largest absolute Gasteiger partial charge is 0.326 e. The smallest absolute Gasteiger partial charge is 0.00971 e. The molecule has 0 fully saturated rings. The van der Waals surface area contributed by atoms with E-state index in [-0.39, 0.29) is 5.54 Å². The first kappa shape index (κ1) is 13.1.